The summed E-state index contributed by atoms with van der Waals surface area (Å²) in [6.07, 6.45) is 6.01. The van der Waals surface area contributed by atoms with Crippen LogP contribution in [0.2, 0.25) is 10.0 Å². The van der Waals surface area contributed by atoms with Gasteiger partial charge in [-0.3, -0.25) is 4.98 Å². The van der Waals surface area contributed by atoms with Gasteiger partial charge in [0.2, 0.25) is 0 Å². The summed E-state index contributed by atoms with van der Waals surface area (Å²) in [5.74, 6) is 0. The Morgan fingerprint density at radius 2 is 2.35 bits per heavy atom. The van der Waals surface area contributed by atoms with Gasteiger partial charge in [0.25, 0.3) is 0 Å². The van der Waals surface area contributed by atoms with Crippen LogP contribution < -0.4 is 5.73 Å². The molecule has 0 radical (unpaired) electrons. The highest BCUT2D eigenvalue weighted by atomic mass is 35.5. The van der Waals surface area contributed by atoms with Crippen molar-refractivity contribution >= 4 is 23.2 Å². The zero-order chi connectivity index (χ0) is 12.3. The average molecular weight is 275 g/mol. The molecule has 2 heterocycles. The molecule has 2 N–H and O–H groups in total. The number of nitrogens with zero attached hydrogens (tertiary/aromatic N) is 1. The number of nitrogens with two attached hydrogens (primary N) is 1. The van der Waals surface area contributed by atoms with Crippen LogP contribution in [0.15, 0.2) is 12.3 Å². The van der Waals surface area contributed by atoms with Crippen molar-refractivity contribution in [3.63, 3.8) is 0 Å². The molecule has 1 aromatic heterocycles. The first-order valence-electron chi connectivity index (χ1n) is 5.85. The van der Waals surface area contributed by atoms with Gasteiger partial charge in [-0.05, 0) is 31.7 Å². The van der Waals surface area contributed by atoms with Crippen molar-refractivity contribution in [3.05, 3.63) is 28.0 Å². The Morgan fingerprint density at radius 1 is 1.53 bits per heavy atom. The van der Waals surface area contributed by atoms with Gasteiger partial charge in [0, 0.05) is 18.8 Å². The molecule has 0 aromatic carbocycles. The molecule has 1 aromatic rings. The highest BCUT2D eigenvalue weighted by Gasteiger charge is 2.18. The Bertz CT molecular complexity index is 381. The van der Waals surface area contributed by atoms with Gasteiger partial charge >= 0.3 is 0 Å². The Balaban J connectivity index is 1.91. The SMILES string of the molecule is NC(CCC1CCCO1)c1ncc(Cl)cc1Cl. The normalized spacial score (nSPS) is 21.7. The van der Waals surface area contributed by atoms with Crippen LogP contribution in [0.4, 0.5) is 0 Å². The lowest BCUT2D eigenvalue weighted by Gasteiger charge is -2.15. The van der Waals surface area contributed by atoms with E-state index in [1.165, 1.54) is 0 Å². The molecule has 0 saturated carbocycles. The van der Waals surface area contributed by atoms with Gasteiger partial charge in [0.1, 0.15) is 0 Å². The average Bonchev–Trinajstić information content (AvgIpc) is 2.78. The van der Waals surface area contributed by atoms with E-state index in [4.69, 9.17) is 33.7 Å². The highest BCUT2D eigenvalue weighted by molar-refractivity contribution is 6.34. The summed E-state index contributed by atoms with van der Waals surface area (Å²) in [4.78, 5) is 4.19. The number of halogens is 2. The first kappa shape index (κ1) is 13.1. The predicted molar refractivity (Wildman–Crippen MR) is 69.4 cm³/mol. The lowest BCUT2D eigenvalue weighted by molar-refractivity contribution is 0.101. The van der Waals surface area contributed by atoms with Crippen molar-refractivity contribution in [1.29, 1.82) is 0 Å². The smallest absolute Gasteiger partial charge is 0.0757 e. The van der Waals surface area contributed by atoms with Gasteiger partial charge in [-0.15, -0.1) is 0 Å². The second-order valence-corrected chi connectivity index (χ2v) is 5.18. The van der Waals surface area contributed by atoms with E-state index in [0.29, 0.717) is 21.8 Å². The number of ether oxygens (including phenoxy) is 1. The summed E-state index contributed by atoms with van der Waals surface area (Å²) < 4.78 is 5.56. The van der Waals surface area contributed by atoms with Gasteiger partial charge in [0.15, 0.2) is 0 Å². The molecule has 1 aliphatic heterocycles. The summed E-state index contributed by atoms with van der Waals surface area (Å²) in [5, 5.41) is 1.07. The molecule has 1 fully saturated rings. The molecule has 0 aliphatic carbocycles. The molecule has 3 nitrogen and oxygen atoms in total. The molecule has 1 saturated heterocycles. The van der Waals surface area contributed by atoms with E-state index < -0.39 is 0 Å². The summed E-state index contributed by atoms with van der Waals surface area (Å²) in [5.41, 5.74) is 6.80. The van der Waals surface area contributed by atoms with Crippen molar-refractivity contribution in [2.24, 2.45) is 5.73 Å². The standard InChI is InChI=1S/C12H16Cl2N2O/c13-8-6-10(14)12(16-7-8)11(15)4-3-9-2-1-5-17-9/h6-7,9,11H,1-5,15H2. The molecular weight excluding hydrogens is 259 g/mol. The van der Waals surface area contributed by atoms with Gasteiger partial charge < -0.3 is 10.5 Å². The molecule has 0 bridgehead atoms. The van der Waals surface area contributed by atoms with Crippen LogP contribution >= 0.6 is 23.2 Å². The topological polar surface area (TPSA) is 48.1 Å². The van der Waals surface area contributed by atoms with Gasteiger partial charge in [-0.2, -0.15) is 0 Å². The van der Waals surface area contributed by atoms with Crippen LogP contribution in [0.25, 0.3) is 0 Å². The minimum absolute atomic E-state index is 0.149. The monoisotopic (exact) mass is 274 g/mol. The van der Waals surface area contributed by atoms with E-state index in [1.54, 1.807) is 12.3 Å². The molecule has 2 atom stereocenters. The quantitative estimate of drug-likeness (QED) is 0.916. The summed E-state index contributed by atoms with van der Waals surface area (Å²) in [6.45, 7) is 0.875. The van der Waals surface area contributed by atoms with Crippen molar-refractivity contribution in [3.8, 4) is 0 Å². The summed E-state index contributed by atoms with van der Waals surface area (Å²) in [6, 6.07) is 1.53. The second-order valence-electron chi connectivity index (χ2n) is 4.34. The Morgan fingerprint density at radius 3 is 3.00 bits per heavy atom. The van der Waals surface area contributed by atoms with Gasteiger partial charge in [-0.25, -0.2) is 0 Å². The molecule has 0 spiro atoms. The third-order valence-electron chi connectivity index (χ3n) is 3.01. The fourth-order valence-electron chi connectivity index (χ4n) is 2.07. The summed E-state index contributed by atoms with van der Waals surface area (Å²) in [7, 11) is 0. The predicted octanol–water partition coefficient (Wildman–Crippen LogP) is 3.35. The first-order valence-corrected chi connectivity index (χ1v) is 6.60. The maximum atomic E-state index is 6.08. The van der Waals surface area contributed by atoms with E-state index in [-0.39, 0.29) is 6.04 Å². The molecule has 17 heavy (non-hydrogen) atoms. The Labute approximate surface area is 111 Å². The summed E-state index contributed by atoms with van der Waals surface area (Å²) >= 11 is 11.9. The molecule has 5 heteroatoms. The molecule has 94 valence electrons. The minimum atomic E-state index is -0.149. The second kappa shape index (κ2) is 6.01. The Kier molecular flexibility index (Phi) is 4.62. The van der Waals surface area contributed by atoms with E-state index in [2.05, 4.69) is 4.98 Å². The zero-order valence-corrected chi connectivity index (χ0v) is 11.0. The van der Waals surface area contributed by atoms with Crippen LogP contribution in [-0.4, -0.2) is 17.7 Å². The fraction of sp³-hybridized carbons (Fsp3) is 0.583. The maximum Gasteiger partial charge on any atom is 0.0757 e. The van der Waals surface area contributed by atoms with Gasteiger partial charge in [0.05, 0.1) is 21.8 Å². The van der Waals surface area contributed by atoms with Crippen LogP contribution in [0.3, 0.4) is 0 Å². The van der Waals surface area contributed by atoms with Crippen LogP contribution in [-0.2, 0) is 4.74 Å². The van der Waals surface area contributed by atoms with Crippen LogP contribution in [0, 0.1) is 0 Å². The molecule has 0 amide bonds. The first-order chi connectivity index (χ1) is 8.16. The van der Waals surface area contributed by atoms with E-state index in [0.717, 1.165) is 32.3 Å². The Hall–Kier alpha value is -0.350. The van der Waals surface area contributed by atoms with E-state index >= 15 is 0 Å². The van der Waals surface area contributed by atoms with Crippen molar-refractivity contribution in [1.82, 2.24) is 4.98 Å². The van der Waals surface area contributed by atoms with E-state index in [1.807, 2.05) is 0 Å². The van der Waals surface area contributed by atoms with Crippen molar-refractivity contribution in [2.45, 2.75) is 37.8 Å². The third-order valence-corrected chi connectivity index (χ3v) is 3.52. The van der Waals surface area contributed by atoms with Gasteiger partial charge in [-0.1, -0.05) is 23.2 Å². The fourth-order valence-corrected chi connectivity index (χ4v) is 2.59. The van der Waals surface area contributed by atoms with E-state index in [9.17, 15) is 0 Å². The van der Waals surface area contributed by atoms with Crippen molar-refractivity contribution in [2.75, 3.05) is 6.61 Å². The van der Waals surface area contributed by atoms with Crippen molar-refractivity contribution < 1.29 is 4.74 Å². The number of hydrogen-bond acceptors (Lipinski definition) is 3. The lowest BCUT2D eigenvalue weighted by Crippen LogP contribution is -2.16. The number of hydrogen-bond donors (Lipinski definition) is 1. The van der Waals surface area contributed by atoms with Crippen LogP contribution in [0.5, 0.6) is 0 Å². The lowest BCUT2D eigenvalue weighted by atomic mass is 10.0. The highest BCUT2D eigenvalue weighted by Crippen LogP contribution is 2.27. The maximum absolute atomic E-state index is 6.08. The molecule has 1 aliphatic rings. The molecular formula is C12H16Cl2N2O. The molecule has 2 unspecified atom stereocenters. The number of pyridine rings is 1. The number of aromatic nitrogens is 1. The largest absolute Gasteiger partial charge is 0.378 e. The number of rotatable bonds is 4. The van der Waals surface area contributed by atoms with Crippen LogP contribution in [0.1, 0.15) is 37.4 Å². The molecule has 2 rings (SSSR count). The zero-order valence-electron chi connectivity index (χ0n) is 9.53. The third kappa shape index (κ3) is 3.55. The minimum Gasteiger partial charge on any atom is -0.378 e.